The van der Waals surface area contributed by atoms with Gasteiger partial charge in [0.2, 0.25) is 12.3 Å². The summed E-state index contributed by atoms with van der Waals surface area (Å²) in [6, 6.07) is 10.3. The van der Waals surface area contributed by atoms with Gasteiger partial charge in [-0.2, -0.15) is 4.57 Å². The molecule has 1 aliphatic rings. The molecule has 0 amide bonds. The van der Waals surface area contributed by atoms with Gasteiger partial charge in [-0.3, -0.25) is 4.79 Å². The van der Waals surface area contributed by atoms with Crippen LogP contribution in [0.15, 0.2) is 42.7 Å². The minimum atomic E-state index is 0.104. The van der Waals surface area contributed by atoms with Crippen molar-refractivity contribution in [1.29, 1.82) is 0 Å². The van der Waals surface area contributed by atoms with E-state index in [9.17, 15) is 4.79 Å². The Kier molecular flexibility index (Phi) is 4.35. The van der Waals surface area contributed by atoms with E-state index in [1.807, 2.05) is 35.2 Å². The number of Topliss-reactive ketones (excluding diaryl/α,β-unsaturated/α-hetero) is 1. The summed E-state index contributed by atoms with van der Waals surface area (Å²) in [5.74, 6) is 0.805. The van der Waals surface area contributed by atoms with Crippen LogP contribution in [0, 0.1) is 12.8 Å². The van der Waals surface area contributed by atoms with Crippen LogP contribution in [0.3, 0.4) is 0 Å². The molecule has 25 heavy (non-hydrogen) atoms. The van der Waals surface area contributed by atoms with Crippen molar-refractivity contribution in [2.75, 3.05) is 0 Å². The van der Waals surface area contributed by atoms with E-state index in [0.29, 0.717) is 12.5 Å². The van der Waals surface area contributed by atoms with Gasteiger partial charge >= 0.3 is 0 Å². The molecule has 0 bridgehead atoms. The number of hydrogen-bond acceptors (Lipinski definition) is 1. The number of aryl methyl sites for hydroxylation is 1. The van der Waals surface area contributed by atoms with Gasteiger partial charge in [-0.15, -0.1) is 0 Å². The molecule has 0 saturated heterocycles. The van der Waals surface area contributed by atoms with E-state index in [0.717, 1.165) is 17.5 Å². The molecule has 2 aromatic rings. The fourth-order valence-electron chi connectivity index (χ4n) is 4.29. The third-order valence-corrected chi connectivity index (χ3v) is 6.24. The number of carbonyl (C=O) groups excluding carboxylic acids is 1. The summed E-state index contributed by atoms with van der Waals surface area (Å²) < 4.78 is 1.94. The third kappa shape index (κ3) is 3.15. The minimum absolute atomic E-state index is 0.104. The van der Waals surface area contributed by atoms with Crippen LogP contribution in [0.4, 0.5) is 0 Å². The van der Waals surface area contributed by atoms with Gasteiger partial charge in [0, 0.05) is 17.7 Å². The van der Waals surface area contributed by atoms with Gasteiger partial charge in [-0.1, -0.05) is 46.8 Å². The van der Waals surface area contributed by atoms with E-state index < -0.39 is 0 Å². The SMILES string of the molecule is Cc1cc2c(cc1C(=O)C[n+]1ccccc1)C(C)(C)C[C@H](C)C2(C)C. The molecule has 1 aromatic heterocycles. The van der Waals surface area contributed by atoms with Gasteiger partial charge in [0.25, 0.3) is 0 Å². The van der Waals surface area contributed by atoms with Crippen molar-refractivity contribution < 1.29 is 9.36 Å². The second-order valence-corrected chi connectivity index (χ2v) is 8.89. The van der Waals surface area contributed by atoms with Gasteiger partial charge in [-0.05, 0) is 52.8 Å². The van der Waals surface area contributed by atoms with Crippen molar-refractivity contribution in [3.8, 4) is 0 Å². The zero-order valence-electron chi connectivity index (χ0n) is 16.4. The monoisotopic (exact) mass is 336 g/mol. The zero-order chi connectivity index (χ0) is 18.4. The lowest BCUT2D eigenvalue weighted by Crippen LogP contribution is -2.41. The topological polar surface area (TPSA) is 20.9 Å². The van der Waals surface area contributed by atoms with E-state index in [1.54, 1.807) is 0 Å². The Hall–Kier alpha value is -1.96. The number of rotatable bonds is 3. The Morgan fingerprint density at radius 3 is 2.36 bits per heavy atom. The van der Waals surface area contributed by atoms with Gasteiger partial charge in [0.15, 0.2) is 12.4 Å². The predicted octanol–water partition coefficient (Wildman–Crippen LogP) is 4.76. The van der Waals surface area contributed by atoms with E-state index in [4.69, 9.17) is 0 Å². The summed E-state index contributed by atoms with van der Waals surface area (Å²) in [5.41, 5.74) is 4.98. The first kappa shape index (κ1) is 17.8. The summed E-state index contributed by atoms with van der Waals surface area (Å²) in [7, 11) is 0. The molecular formula is C23H30NO+. The number of benzene rings is 1. The first-order valence-corrected chi connectivity index (χ1v) is 9.26. The molecule has 0 saturated carbocycles. The van der Waals surface area contributed by atoms with Crippen LogP contribution in [-0.2, 0) is 17.4 Å². The summed E-state index contributed by atoms with van der Waals surface area (Å²) in [6.07, 6.45) is 5.04. The van der Waals surface area contributed by atoms with Crippen molar-refractivity contribution in [3.05, 3.63) is 65.0 Å². The molecule has 0 aliphatic heterocycles. The molecule has 0 fully saturated rings. The van der Waals surface area contributed by atoms with Crippen molar-refractivity contribution >= 4 is 5.78 Å². The van der Waals surface area contributed by atoms with Crippen molar-refractivity contribution in [3.63, 3.8) is 0 Å². The smallest absolute Gasteiger partial charge is 0.227 e. The second-order valence-electron chi connectivity index (χ2n) is 8.89. The van der Waals surface area contributed by atoms with Crippen molar-refractivity contribution in [1.82, 2.24) is 0 Å². The first-order valence-electron chi connectivity index (χ1n) is 9.26. The molecule has 0 spiro atoms. The van der Waals surface area contributed by atoms with Gasteiger partial charge in [-0.25, -0.2) is 0 Å². The molecule has 132 valence electrons. The number of ketones is 1. The lowest BCUT2D eigenvalue weighted by molar-refractivity contribution is -0.683. The van der Waals surface area contributed by atoms with Crippen LogP contribution in [0.2, 0.25) is 0 Å². The zero-order valence-corrected chi connectivity index (χ0v) is 16.4. The number of carbonyl (C=O) groups is 1. The highest BCUT2D eigenvalue weighted by Crippen LogP contribution is 2.49. The lowest BCUT2D eigenvalue weighted by Gasteiger charge is -2.47. The van der Waals surface area contributed by atoms with Crippen LogP contribution in [0.1, 0.15) is 68.1 Å². The first-order chi connectivity index (χ1) is 11.6. The molecule has 2 nitrogen and oxygen atoms in total. The summed E-state index contributed by atoms with van der Waals surface area (Å²) in [5, 5.41) is 0. The Morgan fingerprint density at radius 2 is 1.72 bits per heavy atom. The number of hydrogen-bond donors (Lipinski definition) is 0. The average molecular weight is 336 g/mol. The Bertz CT molecular complexity index is 802. The maximum Gasteiger partial charge on any atom is 0.227 e. The largest absolute Gasteiger partial charge is 0.287 e. The third-order valence-electron chi connectivity index (χ3n) is 6.24. The van der Waals surface area contributed by atoms with Crippen LogP contribution in [0.25, 0.3) is 0 Å². The van der Waals surface area contributed by atoms with Crippen molar-refractivity contribution in [2.45, 2.75) is 65.3 Å². The molecule has 2 heteroatoms. The van der Waals surface area contributed by atoms with Gasteiger partial charge in [0.05, 0.1) is 0 Å². The normalized spacial score (nSPS) is 20.8. The minimum Gasteiger partial charge on any atom is -0.287 e. The Labute approximate surface area is 151 Å². The molecule has 0 unspecified atom stereocenters. The van der Waals surface area contributed by atoms with E-state index in [1.165, 1.54) is 11.1 Å². The summed E-state index contributed by atoms with van der Waals surface area (Å²) >= 11 is 0. The maximum absolute atomic E-state index is 12.9. The number of aromatic nitrogens is 1. The maximum atomic E-state index is 12.9. The number of fused-ring (bicyclic) bond motifs is 1. The van der Waals surface area contributed by atoms with Crippen molar-refractivity contribution in [2.24, 2.45) is 5.92 Å². The number of pyridine rings is 1. The highest BCUT2D eigenvalue weighted by atomic mass is 16.1. The molecule has 0 radical (unpaired) electrons. The standard InChI is InChI=1S/C23H30NO/c1-16-12-20-19(22(3,4)14-17(2)23(20,5)6)13-18(16)21(25)15-24-10-8-7-9-11-24/h7-13,17H,14-15H2,1-6H3/q+1/t17-/m0/s1. The van der Waals surface area contributed by atoms with E-state index in [-0.39, 0.29) is 16.6 Å². The second kappa shape index (κ2) is 6.09. The van der Waals surface area contributed by atoms with Crippen LogP contribution in [0.5, 0.6) is 0 Å². The molecule has 1 atom stereocenters. The molecule has 0 N–H and O–H groups in total. The summed E-state index contributed by atoms with van der Waals surface area (Å²) in [6.45, 7) is 14.1. The Morgan fingerprint density at radius 1 is 1.08 bits per heavy atom. The molecule has 3 rings (SSSR count). The van der Waals surface area contributed by atoms with Gasteiger partial charge < -0.3 is 0 Å². The van der Waals surface area contributed by atoms with Crippen LogP contribution < -0.4 is 4.57 Å². The fourth-order valence-corrected chi connectivity index (χ4v) is 4.29. The predicted molar refractivity (Wildman–Crippen MR) is 102 cm³/mol. The average Bonchev–Trinajstić information content (AvgIpc) is 2.53. The lowest BCUT2D eigenvalue weighted by atomic mass is 9.58. The summed E-state index contributed by atoms with van der Waals surface area (Å²) in [4.78, 5) is 12.9. The number of nitrogens with zero attached hydrogens (tertiary/aromatic N) is 1. The Balaban J connectivity index is 2.05. The van der Waals surface area contributed by atoms with E-state index in [2.05, 4.69) is 53.7 Å². The highest BCUT2D eigenvalue weighted by Gasteiger charge is 2.42. The van der Waals surface area contributed by atoms with Gasteiger partial charge in [0.1, 0.15) is 0 Å². The quantitative estimate of drug-likeness (QED) is 0.585. The molecular weight excluding hydrogens is 306 g/mol. The fraction of sp³-hybridized carbons (Fsp3) is 0.478. The molecule has 1 aliphatic carbocycles. The van der Waals surface area contributed by atoms with E-state index >= 15 is 0 Å². The van der Waals surface area contributed by atoms with Crippen LogP contribution >= 0.6 is 0 Å². The molecule has 1 heterocycles. The molecule has 1 aromatic carbocycles. The van der Waals surface area contributed by atoms with Crippen LogP contribution in [-0.4, -0.2) is 5.78 Å². The highest BCUT2D eigenvalue weighted by molar-refractivity contribution is 5.97.